The Balaban J connectivity index is 1.56. The van der Waals surface area contributed by atoms with Crippen LogP contribution in [0.3, 0.4) is 0 Å². The van der Waals surface area contributed by atoms with Gasteiger partial charge in [0.1, 0.15) is 11.9 Å². The number of fused-ring (bicyclic) bond motifs is 1. The predicted molar refractivity (Wildman–Crippen MR) is 124 cm³/mol. The van der Waals surface area contributed by atoms with Gasteiger partial charge >= 0.3 is 0 Å². The van der Waals surface area contributed by atoms with Crippen molar-refractivity contribution in [3.63, 3.8) is 0 Å². The standard InChI is InChI=1S/C26H28FN3O3/c1-17(2)15-28-26(32)21-14-23(29-22-9-4-3-8-20(21)22)24-16-30(10-11-33-24)25(31)13-18-6-5-7-19(27)12-18/h3-9,12,14,17,24H,10-11,13,15-16H2,1-2H3,(H,28,32)/t24-/m1/s1. The normalized spacial score (nSPS) is 16.2. The molecule has 1 aliphatic rings. The number of rotatable bonds is 6. The van der Waals surface area contributed by atoms with Gasteiger partial charge in [0.2, 0.25) is 5.91 Å². The van der Waals surface area contributed by atoms with Crippen molar-refractivity contribution in [1.82, 2.24) is 15.2 Å². The summed E-state index contributed by atoms with van der Waals surface area (Å²) >= 11 is 0. The summed E-state index contributed by atoms with van der Waals surface area (Å²) in [6.45, 7) is 5.81. The van der Waals surface area contributed by atoms with E-state index in [0.29, 0.717) is 54.5 Å². The highest BCUT2D eigenvalue weighted by Crippen LogP contribution is 2.26. The van der Waals surface area contributed by atoms with Gasteiger partial charge < -0.3 is 15.0 Å². The number of nitrogens with zero attached hydrogens (tertiary/aromatic N) is 2. The Kier molecular flexibility index (Phi) is 6.99. The van der Waals surface area contributed by atoms with Gasteiger partial charge in [-0.25, -0.2) is 9.37 Å². The second kappa shape index (κ2) is 10.1. The van der Waals surface area contributed by atoms with Gasteiger partial charge in [-0.15, -0.1) is 0 Å². The minimum absolute atomic E-state index is 0.0930. The number of amides is 2. The minimum Gasteiger partial charge on any atom is -0.368 e. The Bertz CT molecular complexity index is 1160. The first-order chi connectivity index (χ1) is 15.9. The quantitative estimate of drug-likeness (QED) is 0.620. The van der Waals surface area contributed by atoms with Crippen LogP contribution in [0.4, 0.5) is 4.39 Å². The lowest BCUT2D eigenvalue weighted by Gasteiger charge is -2.33. The van der Waals surface area contributed by atoms with Crippen LogP contribution in [0.15, 0.2) is 54.6 Å². The number of halogens is 1. The second-order valence-electron chi connectivity index (χ2n) is 8.72. The van der Waals surface area contributed by atoms with Gasteiger partial charge in [0.25, 0.3) is 5.91 Å². The van der Waals surface area contributed by atoms with Crippen molar-refractivity contribution in [2.45, 2.75) is 26.4 Å². The molecule has 172 valence electrons. The molecule has 3 aromatic rings. The summed E-state index contributed by atoms with van der Waals surface area (Å²) in [6, 6.07) is 15.4. The van der Waals surface area contributed by atoms with E-state index in [-0.39, 0.29) is 24.1 Å². The van der Waals surface area contributed by atoms with Gasteiger partial charge in [0.05, 0.1) is 36.3 Å². The largest absolute Gasteiger partial charge is 0.368 e. The molecule has 7 heteroatoms. The Hall–Kier alpha value is -3.32. The van der Waals surface area contributed by atoms with E-state index < -0.39 is 6.10 Å². The Morgan fingerprint density at radius 2 is 2.00 bits per heavy atom. The molecule has 0 unspecified atom stereocenters. The molecule has 33 heavy (non-hydrogen) atoms. The summed E-state index contributed by atoms with van der Waals surface area (Å²) in [5.41, 5.74) is 2.50. The van der Waals surface area contributed by atoms with Gasteiger partial charge in [0, 0.05) is 18.5 Å². The van der Waals surface area contributed by atoms with E-state index in [1.165, 1.54) is 12.1 Å². The molecule has 0 radical (unpaired) electrons. The first kappa shape index (κ1) is 22.9. The molecule has 2 amide bonds. The number of para-hydroxylation sites is 1. The van der Waals surface area contributed by atoms with E-state index in [4.69, 9.17) is 9.72 Å². The van der Waals surface area contributed by atoms with E-state index in [9.17, 15) is 14.0 Å². The van der Waals surface area contributed by atoms with Crippen LogP contribution in [-0.4, -0.2) is 47.9 Å². The number of carbonyl (C=O) groups is 2. The maximum Gasteiger partial charge on any atom is 0.252 e. The molecule has 1 saturated heterocycles. The van der Waals surface area contributed by atoms with Gasteiger partial charge in [-0.3, -0.25) is 9.59 Å². The highest BCUT2D eigenvalue weighted by atomic mass is 19.1. The lowest BCUT2D eigenvalue weighted by atomic mass is 10.0. The zero-order chi connectivity index (χ0) is 23.4. The molecule has 0 spiro atoms. The van der Waals surface area contributed by atoms with Gasteiger partial charge in [-0.2, -0.15) is 0 Å². The fourth-order valence-corrected chi connectivity index (χ4v) is 3.93. The molecule has 2 aromatic carbocycles. The maximum absolute atomic E-state index is 13.5. The number of benzene rings is 2. The molecule has 0 aliphatic carbocycles. The molecule has 1 aliphatic heterocycles. The molecule has 1 aromatic heterocycles. The maximum atomic E-state index is 13.5. The van der Waals surface area contributed by atoms with Crippen LogP contribution in [-0.2, 0) is 16.0 Å². The van der Waals surface area contributed by atoms with E-state index in [0.717, 1.165) is 5.39 Å². The second-order valence-corrected chi connectivity index (χ2v) is 8.72. The number of ether oxygens (including phenoxy) is 1. The molecule has 0 bridgehead atoms. The third-order valence-corrected chi connectivity index (χ3v) is 5.64. The van der Waals surface area contributed by atoms with Crippen LogP contribution in [0.25, 0.3) is 10.9 Å². The van der Waals surface area contributed by atoms with E-state index >= 15 is 0 Å². The fourth-order valence-electron chi connectivity index (χ4n) is 3.93. The van der Waals surface area contributed by atoms with Crippen molar-refractivity contribution in [3.05, 3.63) is 77.2 Å². The average molecular weight is 450 g/mol. The van der Waals surface area contributed by atoms with Gasteiger partial charge in [-0.05, 0) is 35.7 Å². The summed E-state index contributed by atoms with van der Waals surface area (Å²) < 4.78 is 19.4. The highest BCUT2D eigenvalue weighted by Gasteiger charge is 2.28. The third kappa shape index (κ3) is 5.54. The van der Waals surface area contributed by atoms with Crippen LogP contribution in [0.5, 0.6) is 0 Å². The molecule has 1 N–H and O–H groups in total. The van der Waals surface area contributed by atoms with Crippen molar-refractivity contribution < 1.29 is 18.7 Å². The molecular formula is C26H28FN3O3. The number of nitrogens with one attached hydrogen (secondary N) is 1. The number of carbonyl (C=O) groups excluding carboxylic acids is 2. The number of morpholine rings is 1. The van der Waals surface area contributed by atoms with E-state index in [1.807, 2.05) is 38.1 Å². The number of pyridine rings is 1. The van der Waals surface area contributed by atoms with Crippen molar-refractivity contribution in [1.29, 1.82) is 0 Å². The summed E-state index contributed by atoms with van der Waals surface area (Å²) in [7, 11) is 0. The van der Waals surface area contributed by atoms with Crippen LogP contribution in [0.2, 0.25) is 0 Å². The summed E-state index contributed by atoms with van der Waals surface area (Å²) in [4.78, 5) is 32.2. The molecule has 6 nitrogen and oxygen atoms in total. The van der Waals surface area contributed by atoms with Crippen molar-refractivity contribution in [3.8, 4) is 0 Å². The first-order valence-electron chi connectivity index (χ1n) is 11.2. The smallest absolute Gasteiger partial charge is 0.252 e. The highest BCUT2D eigenvalue weighted by molar-refractivity contribution is 6.06. The molecule has 2 heterocycles. The molecular weight excluding hydrogens is 421 g/mol. The zero-order valence-corrected chi connectivity index (χ0v) is 18.9. The first-order valence-corrected chi connectivity index (χ1v) is 11.2. The van der Waals surface area contributed by atoms with Crippen molar-refractivity contribution in [2.75, 3.05) is 26.2 Å². The summed E-state index contributed by atoms with van der Waals surface area (Å²) in [5, 5.41) is 3.75. The summed E-state index contributed by atoms with van der Waals surface area (Å²) in [5.74, 6) is -0.271. The van der Waals surface area contributed by atoms with E-state index in [1.54, 1.807) is 23.1 Å². The molecule has 0 saturated carbocycles. The number of hydrogen-bond acceptors (Lipinski definition) is 4. The zero-order valence-electron chi connectivity index (χ0n) is 18.9. The van der Waals surface area contributed by atoms with Gasteiger partial charge in [0.15, 0.2) is 0 Å². The number of aromatic nitrogens is 1. The van der Waals surface area contributed by atoms with Crippen molar-refractivity contribution >= 4 is 22.7 Å². The minimum atomic E-state index is -0.448. The number of hydrogen-bond donors (Lipinski definition) is 1. The van der Waals surface area contributed by atoms with Crippen LogP contribution in [0, 0.1) is 11.7 Å². The Morgan fingerprint density at radius 1 is 1.18 bits per heavy atom. The lowest BCUT2D eigenvalue weighted by Crippen LogP contribution is -2.43. The SMILES string of the molecule is CC(C)CNC(=O)c1cc([C@H]2CN(C(=O)Cc3cccc(F)c3)CCO2)nc2ccccc12. The topological polar surface area (TPSA) is 71.5 Å². The van der Waals surface area contributed by atoms with Crippen molar-refractivity contribution in [2.24, 2.45) is 5.92 Å². The van der Waals surface area contributed by atoms with Crippen LogP contribution >= 0.6 is 0 Å². The Morgan fingerprint density at radius 3 is 2.79 bits per heavy atom. The average Bonchev–Trinajstić information content (AvgIpc) is 2.82. The van der Waals surface area contributed by atoms with E-state index in [2.05, 4.69) is 5.32 Å². The summed E-state index contributed by atoms with van der Waals surface area (Å²) in [6.07, 6.45) is -0.324. The van der Waals surface area contributed by atoms with Gasteiger partial charge in [-0.1, -0.05) is 44.2 Å². The lowest BCUT2D eigenvalue weighted by molar-refractivity contribution is -0.138. The fraction of sp³-hybridized carbons (Fsp3) is 0.346. The molecule has 4 rings (SSSR count). The van der Waals surface area contributed by atoms with Crippen LogP contribution < -0.4 is 5.32 Å². The van der Waals surface area contributed by atoms with Crippen LogP contribution in [0.1, 0.15) is 41.6 Å². The molecule has 1 atom stereocenters. The predicted octanol–water partition coefficient (Wildman–Crippen LogP) is 3.90. The monoisotopic (exact) mass is 449 g/mol. The Labute approximate surface area is 192 Å². The molecule has 1 fully saturated rings. The third-order valence-electron chi connectivity index (χ3n) is 5.64.